The Morgan fingerprint density at radius 2 is 1.53 bits per heavy atom. The predicted molar refractivity (Wildman–Crippen MR) is 86.5 cm³/mol. The fourth-order valence-corrected chi connectivity index (χ4v) is 1.81. The van der Waals surface area contributed by atoms with Crippen molar-refractivity contribution in [1.82, 2.24) is 0 Å². The van der Waals surface area contributed by atoms with Gasteiger partial charge < -0.3 is 0 Å². The molecule has 0 aromatic heterocycles. The van der Waals surface area contributed by atoms with E-state index in [-0.39, 0.29) is 0 Å². The van der Waals surface area contributed by atoms with E-state index in [4.69, 9.17) is 5.26 Å². The molecule has 0 amide bonds. The molecular formula is C18H31N. The number of unbranched alkanes of at least 4 members (excludes halogenated alkanes) is 1. The average molecular weight is 261 g/mol. The minimum atomic E-state index is 0.793. The van der Waals surface area contributed by atoms with Crippen LogP contribution in [0, 0.1) is 11.3 Å². The van der Waals surface area contributed by atoms with Crippen molar-refractivity contribution >= 4 is 0 Å². The van der Waals surface area contributed by atoms with Gasteiger partial charge in [-0.25, -0.2) is 0 Å². The highest BCUT2D eigenvalue weighted by molar-refractivity contribution is 5.38. The second-order valence-electron chi connectivity index (χ2n) is 3.95. The topological polar surface area (TPSA) is 23.8 Å². The fraction of sp³-hybridized carbons (Fsp3) is 0.611. The molecule has 0 saturated heterocycles. The Labute approximate surface area is 120 Å². The summed E-state index contributed by atoms with van der Waals surface area (Å²) in [5, 5.41) is 8.86. The Balaban J connectivity index is 0. The van der Waals surface area contributed by atoms with E-state index in [1.54, 1.807) is 0 Å². The number of hydrogen-bond acceptors (Lipinski definition) is 1. The van der Waals surface area contributed by atoms with E-state index in [0.717, 1.165) is 18.4 Å². The number of rotatable bonds is 5. The lowest BCUT2D eigenvalue weighted by atomic mass is 9.97. The van der Waals surface area contributed by atoms with Crippen molar-refractivity contribution in [2.75, 3.05) is 0 Å². The standard InChI is InChI=1S/C14H19N.2C2H6/c1-3-5-7-14-10-12(11-15)8-9-13(14)6-4-2;2*1-2/h8-10H,3-7H2,1-2H3;2*1-2H3. The Bertz CT molecular complexity index is 347. The molecule has 0 N–H and O–H groups in total. The molecule has 0 bridgehead atoms. The monoisotopic (exact) mass is 261 g/mol. The second kappa shape index (κ2) is 14.8. The summed E-state index contributed by atoms with van der Waals surface area (Å²) in [4.78, 5) is 0. The van der Waals surface area contributed by atoms with Gasteiger partial charge in [-0.1, -0.05) is 60.5 Å². The minimum Gasteiger partial charge on any atom is -0.192 e. The summed E-state index contributed by atoms with van der Waals surface area (Å²) < 4.78 is 0. The number of benzene rings is 1. The van der Waals surface area contributed by atoms with E-state index >= 15 is 0 Å². The predicted octanol–water partition coefficient (Wildman–Crippen LogP) is 5.91. The van der Waals surface area contributed by atoms with Gasteiger partial charge in [0.25, 0.3) is 0 Å². The highest BCUT2D eigenvalue weighted by Crippen LogP contribution is 2.16. The fourth-order valence-electron chi connectivity index (χ4n) is 1.81. The molecule has 108 valence electrons. The highest BCUT2D eigenvalue weighted by atomic mass is 14.2. The third-order valence-electron chi connectivity index (χ3n) is 2.65. The molecule has 0 aliphatic heterocycles. The molecule has 0 spiro atoms. The van der Waals surface area contributed by atoms with Crippen LogP contribution in [0.1, 0.15) is 77.5 Å². The van der Waals surface area contributed by atoms with Crippen molar-refractivity contribution in [2.24, 2.45) is 0 Å². The van der Waals surface area contributed by atoms with Gasteiger partial charge in [-0.3, -0.25) is 0 Å². The zero-order valence-electron chi connectivity index (χ0n) is 13.7. The quantitative estimate of drug-likeness (QED) is 0.646. The van der Waals surface area contributed by atoms with Gasteiger partial charge in [-0.05, 0) is 42.5 Å². The lowest BCUT2D eigenvalue weighted by Gasteiger charge is -2.08. The minimum absolute atomic E-state index is 0.793. The summed E-state index contributed by atoms with van der Waals surface area (Å²) in [6, 6.07) is 8.32. The van der Waals surface area contributed by atoms with Crippen LogP contribution in [0.3, 0.4) is 0 Å². The number of nitriles is 1. The van der Waals surface area contributed by atoms with Crippen LogP contribution in [0.25, 0.3) is 0 Å². The first-order valence-corrected chi connectivity index (χ1v) is 7.83. The van der Waals surface area contributed by atoms with E-state index in [9.17, 15) is 0 Å². The van der Waals surface area contributed by atoms with Crippen molar-refractivity contribution in [1.29, 1.82) is 5.26 Å². The summed E-state index contributed by atoms with van der Waals surface area (Å²) in [6.45, 7) is 12.4. The maximum absolute atomic E-state index is 8.86. The molecule has 0 heterocycles. The van der Waals surface area contributed by atoms with E-state index in [2.05, 4.69) is 32.0 Å². The van der Waals surface area contributed by atoms with E-state index in [1.165, 1.54) is 30.4 Å². The highest BCUT2D eigenvalue weighted by Gasteiger charge is 2.02. The van der Waals surface area contributed by atoms with Gasteiger partial charge in [-0.2, -0.15) is 5.26 Å². The maximum atomic E-state index is 8.86. The molecule has 0 fully saturated rings. The molecule has 0 atom stereocenters. The van der Waals surface area contributed by atoms with E-state index in [1.807, 2.05) is 33.8 Å². The van der Waals surface area contributed by atoms with Gasteiger partial charge in [0.2, 0.25) is 0 Å². The Morgan fingerprint density at radius 3 is 2.00 bits per heavy atom. The number of hydrogen-bond donors (Lipinski definition) is 0. The van der Waals surface area contributed by atoms with Crippen molar-refractivity contribution in [2.45, 2.75) is 73.6 Å². The molecule has 1 heteroatoms. The van der Waals surface area contributed by atoms with Gasteiger partial charge >= 0.3 is 0 Å². The maximum Gasteiger partial charge on any atom is 0.0991 e. The first kappa shape index (κ1) is 20.0. The molecule has 1 rings (SSSR count). The first-order valence-electron chi connectivity index (χ1n) is 7.83. The first-order chi connectivity index (χ1) is 9.31. The van der Waals surface area contributed by atoms with Crippen LogP contribution in [-0.4, -0.2) is 0 Å². The van der Waals surface area contributed by atoms with Crippen molar-refractivity contribution < 1.29 is 0 Å². The van der Waals surface area contributed by atoms with Crippen molar-refractivity contribution in [3.63, 3.8) is 0 Å². The van der Waals surface area contributed by atoms with Crippen LogP contribution in [0.5, 0.6) is 0 Å². The van der Waals surface area contributed by atoms with Crippen LogP contribution >= 0.6 is 0 Å². The van der Waals surface area contributed by atoms with Gasteiger partial charge in [0.1, 0.15) is 0 Å². The molecule has 1 aromatic rings. The molecular weight excluding hydrogens is 230 g/mol. The van der Waals surface area contributed by atoms with E-state index in [0.29, 0.717) is 0 Å². The third-order valence-corrected chi connectivity index (χ3v) is 2.65. The molecule has 0 aliphatic rings. The van der Waals surface area contributed by atoms with Crippen LogP contribution in [0.4, 0.5) is 0 Å². The lowest BCUT2D eigenvalue weighted by Crippen LogP contribution is -1.95. The normalized spacial score (nSPS) is 8.47. The number of nitrogens with zero attached hydrogens (tertiary/aromatic N) is 1. The van der Waals surface area contributed by atoms with Crippen LogP contribution in [0.15, 0.2) is 18.2 Å². The number of aryl methyl sites for hydroxylation is 2. The summed E-state index contributed by atoms with van der Waals surface area (Å²) in [6.07, 6.45) is 5.84. The van der Waals surface area contributed by atoms with E-state index < -0.39 is 0 Å². The second-order valence-corrected chi connectivity index (χ2v) is 3.95. The summed E-state index contributed by atoms with van der Waals surface area (Å²) in [5.74, 6) is 0. The molecule has 19 heavy (non-hydrogen) atoms. The Kier molecular flexibility index (Phi) is 15.6. The molecule has 1 nitrogen and oxygen atoms in total. The van der Waals surface area contributed by atoms with Crippen molar-refractivity contribution in [3.8, 4) is 6.07 Å². The van der Waals surface area contributed by atoms with Gasteiger partial charge in [0, 0.05) is 0 Å². The Hall–Kier alpha value is -1.29. The van der Waals surface area contributed by atoms with Crippen LogP contribution in [-0.2, 0) is 12.8 Å². The lowest BCUT2D eigenvalue weighted by molar-refractivity contribution is 0.780. The molecule has 0 unspecified atom stereocenters. The molecule has 0 saturated carbocycles. The van der Waals surface area contributed by atoms with Crippen LogP contribution < -0.4 is 0 Å². The summed E-state index contributed by atoms with van der Waals surface area (Å²) >= 11 is 0. The molecule has 1 aromatic carbocycles. The zero-order chi connectivity index (χ0) is 15.1. The zero-order valence-corrected chi connectivity index (χ0v) is 13.7. The molecule has 0 radical (unpaired) electrons. The summed E-state index contributed by atoms with van der Waals surface area (Å²) in [7, 11) is 0. The smallest absolute Gasteiger partial charge is 0.0991 e. The SMILES string of the molecule is CC.CC.CCCCc1cc(C#N)ccc1CCC. The van der Waals surface area contributed by atoms with Gasteiger partial charge in [-0.15, -0.1) is 0 Å². The van der Waals surface area contributed by atoms with Gasteiger partial charge in [0.15, 0.2) is 0 Å². The summed E-state index contributed by atoms with van der Waals surface area (Å²) in [5.41, 5.74) is 3.59. The Morgan fingerprint density at radius 1 is 0.895 bits per heavy atom. The third kappa shape index (κ3) is 8.43. The largest absolute Gasteiger partial charge is 0.192 e. The van der Waals surface area contributed by atoms with Gasteiger partial charge in [0.05, 0.1) is 11.6 Å². The molecule has 0 aliphatic carbocycles. The van der Waals surface area contributed by atoms with Crippen molar-refractivity contribution in [3.05, 3.63) is 34.9 Å². The van der Waals surface area contributed by atoms with Crippen LogP contribution in [0.2, 0.25) is 0 Å². The average Bonchev–Trinajstić information content (AvgIpc) is 2.50.